The predicted molar refractivity (Wildman–Crippen MR) is 336 cm³/mol. The van der Waals surface area contributed by atoms with Crippen molar-refractivity contribution in [3.05, 3.63) is 0 Å². The van der Waals surface area contributed by atoms with Crippen LogP contribution in [0, 0.1) is 35.5 Å². The van der Waals surface area contributed by atoms with Crippen molar-refractivity contribution in [3.63, 3.8) is 0 Å². The van der Waals surface area contributed by atoms with E-state index in [1.165, 1.54) is 71.7 Å². The third-order valence-corrected chi connectivity index (χ3v) is 21.2. The van der Waals surface area contributed by atoms with Gasteiger partial charge in [-0.2, -0.15) is 13.2 Å². The molecule has 0 radical (unpaired) electrons. The number of likely N-dealkylation sites (N-methyl/N-ethyl adjacent to an activating group) is 6. The van der Waals surface area contributed by atoms with Gasteiger partial charge in [-0.1, -0.05) is 79.1 Å². The third kappa shape index (κ3) is 19.2. The number of amides is 11. The zero-order chi connectivity index (χ0) is 67.4. The second-order valence-corrected chi connectivity index (χ2v) is 28.7. The fraction of sp³-hybridized carbons (Fsp3) is 0.831. The minimum Gasteiger partial charge on any atom is -0.351 e. The van der Waals surface area contributed by atoms with Gasteiger partial charge in [-0.3, -0.25) is 52.7 Å². The van der Waals surface area contributed by atoms with Crippen LogP contribution in [0.25, 0.3) is 0 Å². The molecule has 6 fully saturated rings. The van der Waals surface area contributed by atoms with Crippen molar-refractivity contribution >= 4 is 76.6 Å². The molecule has 3 unspecified atom stereocenters. The average Bonchev–Trinajstić information content (AvgIpc) is 1.44. The van der Waals surface area contributed by atoms with Gasteiger partial charge in [0.05, 0.1) is 25.6 Å². The lowest BCUT2D eigenvalue weighted by Crippen LogP contribution is -2.68. The van der Waals surface area contributed by atoms with Crippen LogP contribution in [0.5, 0.6) is 0 Å². The highest BCUT2D eigenvalue weighted by atomic mass is 35.5. The Morgan fingerprint density at radius 1 is 0.604 bits per heavy atom. The van der Waals surface area contributed by atoms with E-state index in [0.29, 0.717) is 32.1 Å². The number of hydrogen-bond acceptors (Lipinski definition) is 11. The molecule has 26 heteroatoms. The normalized spacial score (nSPS) is 30.5. The van der Waals surface area contributed by atoms with E-state index in [1.54, 1.807) is 13.8 Å². The minimum atomic E-state index is -4.49. The number of alkyl halides is 4. The molecule has 4 aliphatic carbocycles. The van der Waals surface area contributed by atoms with Gasteiger partial charge >= 0.3 is 6.18 Å². The molecule has 2 heterocycles. The van der Waals surface area contributed by atoms with E-state index in [1.807, 2.05) is 20.8 Å². The van der Waals surface area contributed by atoms with Crippen LogP contribution >= 0.6 is 11.6 Å². The molecule has 0 bridgehead atoms. The van der Waals surface area contributed by atoms with E-state index in [4.69, 9.17) is 11.6 Å². The van der Waals surface area contributed by atoms with Gasteiger partial charge in [-0.05, 0) is 126 Å². The summed E-state index contributed by atoms with van der Waals surface area (Å²) < 4.78 is 41.7. The topological polar surface area (TPSA) is 259 Å². The van der Waals surface area contributed by atoms with E-state index in [0.717, 1.165) is 49.8 Å². The second kappa shape index (κ2) is 32.9. The Kier molecular flexibility index (Phi) is 26.8. The molecule has 22 nitrogen and oxygen atoms in total. The highest BCUT2D eigenvalue weighted by molar-refractivity contribution is 6.20. The monoisotopic (exact) mass is 1310 g/mol. The fourth-order valence-electron chi connectivity index (χ4n) is 14.6. The summed E-state index contributed by atoms with van der Waals surface area (Å²) in [4.78, 5) is 169. The van der Waals surface area contributed by atoms with Crippen molar-refractivity contribution < 1.29 is 65.9 Å². The summed E-state index contributed by atoms with van der Waals surface area (Å²) in [5.41, 5.74) is -1.43. The van der Waals surface area contributed by atoms with E-state index < -0.39 is 156 Å². The van der Waals surface area contributed by atoms with Crippen molar-refractivity contribution in [1.29, 1.82) is 0 Å². The van der Waals surface area contributed by atoms with Crippen LogP contribution in [0.1, 0.15) is 182 Å². The predicted octanol–water partition coefficient (Wildman–Crippen LogP) is 5.37. The second-order valence-electron chi connectivity index (χ2n) is 28.1. The van der Waals surface area contributed by atoms with Crippen molar-refractivity contribution in [3.8, 4) is 0 Å². The van der Waals surface area contributed by atoms with Crippen LogP contribution in [0.4, 0.5) is 13.2 Å². The molecule has 0 aromatic rings. The molecule has 4 saturated carbocycles. The number of carbonyl (C=O) groups excluding carboxylic acids is 11. The van der Waals surface area contributed by atoms with Crippen LogP contribution in [0.15, 0.2) is 0 Å². The van der Waals surface area contributed by atoms with E-state index in [9.17, 15) is 56.3 Å². The summed E-state index contributed by atoms with van der Waals surface area (Å²) in [6.45, 7) is 7.65. The lowest BCUT2D eigenvalue weighted by molar-refractivity contribution is -0.182. The van der Waals surface area contributed by atoms with E-state index in [2.05, 4.69) is 21.3 Å². The molecule has 6 aliphatic rings. The van der Waals surface area contributed by atoms with Gasteiger partial charge in [0.15, 0.2) is 0 Å². The van der Waals surface area contributed by atoms with Gasteiger partial charge in [0, 0.05) is 66.7 Å². The van der Waals surface area contributed by atoms with Crippen molar-refractivity contribution in [2.45, 2.75) is 242 Å². The number of fused-ring (bicyclic) bond motifs is 1. The van der Waals surface area contributed by atoms with Gasteiger partial charge in [0.1, 0.15) is 41.8 Å². The first-order valence-electron chi connectivity index (χ1n) is 33.5. The molecule has 0 aromatic heterocycles. The molecular weight excluding hydrogens is 1200 g/mol. The van der Waals surface area contributed by atoms with Crippen LogP contribution < -0.4 is 21.3 Å². The summed E-state index contributed by atoms with van der Waals surface area (Å²) in [5.74, 6) is -9.16. The quantitative estimate of drug-likeness (QED) is 0.202. The molecule has 1 spiro atoms. The van der Waals surface area contributed by atoms with Crippen LogP contribution in [-0.4, -0.2) is 227 Å². The lowest BCUT2D eigenvalue weighted by Gasteiger charge is -2.46. The first-order chi connectivity index (χ1) is 42.8. The van der Waals surface area contributed by atoms with Crippen LogP contribution in [-0.2, 0) is 52.7 Å². The van der Waals surface area contributed by atoms with Gasteiger partial charge in [0.25, 0.3) is 0 Å². The highest BCUT2D eigenvalue weighted by Crippen LogP contribution is 2.44. The molecule has 4 N–H and O–H groups in total. The van der Waals surface area contributed by atoms with Crippen molar-refractivity contribution in [2.75, 3.05) is 68.5 Å². The number of nitrogens with zero attached hydrogens (tertiary/aromatic N) is 7. The SMILES string of the molecule is CC[C@H](C)[C@@H]1NC(=O)[C@H](CC(C)C)N(C)C(=O)C[C@@H](C)NC(=O)[C@H](C2CCCC2)N(C)C(=O)C2(CCC2)NC(=O)[C@@H]2CCCN2C(=O)[C@H](CCC2CCC(C(F)(F)F)C(Cl)C2)NC(=O)CN(C)C(=O)[C@H](CC2CCCCC2)N(C)C(=O)CN(C)C(=O)CN(C)C1=O. The maximum Gasteiger partial charge on any atom is 0.393 e. The van der Waals surface area contributed by atoms with Gasteiger partial charge in [-0.25, -0.2) is 0 Å². The van der Waals surface area contributed by atoms with Gasteiger partial charge in [0.2, 0.25) is 65.0 Å². The van der Waals surface area contributed by atoms with E-state index >= 15 is 9.59 Å². The Morgan fingerprint density at radius 3 is 1.81 bits per heavy atom. The number of rotatable bonds is 10. The summed E-state index contributed by atoms with van der Waals surface area (Å²) in [6.07, 6.45) is 5.40. The molecular formula is C65H105ClF3N11O11. The zero-order valence-corrected chi connectivity index (χ0v) is 56.6. The molecule has 91 heavy (non-hydrogen) atoms. The number of halogens is 4. The van der Waals surface area contributed by atoms with Crippen LogP contribution in [0.3, 0.4) is 0 Å². The molecule has 0 aromatic carbocycles. The summed E-state index contributed by atoms with van der Waals surface area (Å²) in [7, 11) is 8.70. The van der Waals surface area contributed by atoms with Crippen molar-refractivity contribution in [1.82, 2.24) is 55.6 Å². The summed E-state index contributed by atoms with van der Waals surface area (Å²) in [5, 5.41) is 10.5. The number of carbonyl (C=O) groups is 11. The molecule has 6 rings (SSSR count). The standard InChI is InChI=1S/C65H105ClF3N11O11/c1-12-40(4)55-62(90)76(8)37-53(83)74(6)38-54(84)78(10)50(35-42-20-14-13-15-21-42)61(89)75(7)36-51(81)71-47(28-26-43-25-27-45(46(66)34-43)65(67,68)69)60(88)80-31-18-24-48(80)58(86)73-64(29-19-30-64)63(91)79(11)56(44-22-16-17-23-44)59(87)70-41(5)33-52(82)77(9)49(32-39(2)3)57(85)72-55/h39-50,55-56H,12-38H2,1-11H3,(H,70,87)(H,71,81)(H,72,85)(H,73,86)/t40-,41+,43?,45?,46?,47-,48-,49-,50-,55-,56-/m0/s1. The Bertz CT molecular complexity index is 2600. The van der Waals surface area contributed by atoms with E-state index in [-0.39, 0.29) is 101 Å². The molecule has 11 atom stereocenters. The maximum absolute atomic E-state index is 15.0. The Hall–Kier alpha value is -5.75. The summed E-state index contributed by atoms with van der Waals surface area (Å²) in [6, 6.07) is -7.42. The Labute approximate surface area is 541 Å². The number of hydrogen-bond donors (Lipinski definition) is 4. The molecule has 11 amide bonds. The third-order valence-electron chi connectivity index (χ3n) is 20.7. The minimum absolute atomic E-state index is 0.0185. The zero-order valence-electron chi connectivity index (χ0n) is 55.8. The van der Waals surface area contributed by atoms with Gasteiger partial charge < -0.3 is 55.6 Å². The summed E-state index contributed by atoms with van der Waals surface area (Å²) >= 11 is 6.36. The molecule has 2 aliphatic heterocycles. The smallest absolute Gasteiger partial charge is 0.351 e. The van der Waals surface area contributed by atoms with Crippen molar-refractivity contribution in [2.24, 2.45) is 35.5 Å². The Morgan fingerprint density at radius 2 is 1.22 bits per heavy atom. The first-order valence-corrected chi connectivity index (χ1v) is 34.0. The highest BCUT2D eigenvalue weighted by Gasteiger charge is 2.53. The first kappa shape index (κ1) is 74.3. The largest absolute Gasteiger partial charge is 0.393 e. The average molecular weight is 1310 g/mol. The molecule has 514 valence electrons. The fourth-order valence-corrected chi connectivity index (χ4v) is 15.1. The number of nitrogens with one attached hydrogen (secondary N) is 4. The van der Waals surface area contributed by atoms with Gasteiger partial charge in [-0.15, -0.1) is 11.6 Å². The molecule has 2 saturated heterocycles. The van der Waals surface area contributed by atoms with Crippen LogP contribution in [0.2, 0.25) is 0 Å². The maximum atomic E-state index is 15.0. The Balaban J connectivity index is 1.34. The lowest BCUT2D eigenvalue weighted by atomic mass is 9.74.